The fourth-order valence-corrected chi connectivity index (χ4v) is 5.82. The maximum Gasteiger partial charge on any atom is 0.229 e. The molecule has 210 valence electrons. The number of alkyl halides is 2. The van der Waals surface area contributed by atoms with Crippen molar-refractivity contribution in [2.75, 3.05) is 44.2 Å². The molecule has 0 fully saturated rings. The van der Waals surface area contributed by atoms with E-state index in [4.69, 9.17) is 16.3 Å². The van der Waals surface area contributed by atoms with Crippen molar-refractivity contribution in [3.05, 3.63) is 58.7 Å². The molecule has 2 aromatic carbocycles. The summed E-state index contributed by atoms with van der Waals surface area (Å²) in [6.07, 6.45) is 2.69. The molecule has 1 aromatic heterocycles. The van der Waals surface area contributed by atoms with Crippen LogP contribution in [0.5, 0.6) is 5.75 Å². The van der Waals surface area contributed by atoms with Crippen LogP contribution in [0.15, 0.2) is 47.5 Å². The van der Waals surface area contributed by atoms with Crippen molar-refractivity contribution in [2.45, 2.75) is 42.9 Å². The first-order valence-corrected chi connectivity index (χ1v) is 14.6. The van der Waals surface area contributed by atoms with Gasteiger partial charge in [-0.25, -0.2) is 22.2 Å². The molecule has 12 heteroatoms. The molecule has 0 saturated carbocycles. The summed E-state index contributed by atoms with van der Waals surface area (Å²) in [5.41, 5.74) is 3.06. The first-order valence-electron chi connectivity index (χ1n) is 12.6. The molecule has 0 bridgehead atoms. The summed E-state index contributed by atoms with van der Waals surface area (Å²) in [6.45, 7) is 2.91. The maximum absolute atomic E-state index is 13.3. The van der Waals surface area contributed by atoms with E-state index in [1.807, 2.05) is 17.0 Å². The molecule has 3 aromatic rings. The SMILES string of the molecule is COc1cc2c(cc1Nc1ncc(Cl)c(Nc3ccccc3S(=O)(=O)C(C)C)n1)CCN(C(CF)CF)CC2. The van der Waals surface area contributed by atoms with Crippen LogP contribution in [0.25, 0.3) is 0 Å². The lowest BCUT2D eigenvalue weighted by molar-refractivity contribution is 0.144. The number of benzene rings is 2. The van der Waals surface area contributed by atoms with Crippen LogP contribution in [-0.2, 0) is 22.7 Å². The number of ether oxygens (including phenoxy) is 1. The average molecular weight is 580 g/mol. The summed E-state index contributed by atoms with van der Waals surface area (Å²) in [5, 5.41) is 5.81. The van der Waals surface area contributed by atoms with Gasteiger partial charge in [-0.3, -0.25) is 4.90 Å². The van der Waals surface area contributed by atoms with Gasteiger partial charge in [0.2, 0.25) is 5.95 Å². The van der Waals surface area contributed by atoms with Crippen LogP contribution in [0.1, 0.15) is 25.0 Å². The van der Waals surface area contributed by atoms with E-state index in [9.17, 15) is 17.2 Å². The van der Waals surface area contributed by atoms with E-state index in [0.717, 1.165) is 11.1 Å². The third-order valence-electron chi connectivity index (χ3n) is 6.79. The Morgan fingerprint density at radius 2 is 1.72 bits per heavy atom. The van der Waals surface area contributed by atoms with Crippen LogP contribution in [0, 0.1) is 0 Å². The minimum absolute atomic E-state index is 0.147. The van der Waals surface area contributed by atoms with E-state index in [-0.39, 0.29) is 21.7 Å². The lowest BCUT2D eigenvalue weighted by Gasteiger charge is -2.25. The number of fused-ring (bicyclic) bond motifs is 1. The van der Waals surface area contributed by atoms with E-state index in [1.165, 1.54) is 12.3 Å². The van der Waals surface area contributed by atoms with Crippen molar-refractivity contribution in [3.8, 4) is 5.75 Å². The second-order valence-corrected chi connectivity index (χ2v) is 12.4. The minimum Gasteiger partial charge on any atom is -0.495 e. The molecule has 1 aliphatic heterocycles. The van der Waals surface area contributed by atoms with Crippen molar-refractivity contribution in [1.29, 1.82) is 0 Å². The fourth-order valence-electron chi connectivity index (χ4n) is 4.48. The maximum atomic E-state index is 13.3. The number of para-hydroxylation sites is 1. The van der Waals surface area contributed by atoms with Gasteiger partial charge in [0, 0.05) is 13.1 Å². The molecule has 0 saturated heterocycles. The zero-order valence-electron chi connectivity index (χ0n) is 22.0. The van der Waals surface area contributed by atoms with Crippen molar-refractivity contribution < 1.29 is 21.9 Å². The van der Waals surface area contributed by atoms with Crippen molar-refractivity contribution in [2.24, 2.45) is 0 Å². The van der Waals surface area contributed by atoms with Gasteiger partial charge >= 0.3 is 0 Å². The number of rotatable bonds is 10. The zero-order valence-corrected chi connectivity index (χ0v) is 23.6. The van der Waals surface area contributed by atoms with Crippen molar-refractivity contribution in [3.63, 3.8) is 0 Å². The number of sulfone groups is 1. The average Bonchev–Trinajstić information content (AvgIpc) is 3.13. The third-order valence-corrected chi connectivity index (χ3v) is 9.28. The van der Waals surface area contributed by atoms with Gasteiger partial charge in [0.1, 0.15) is 24.1 Å². The summed E-state index contributed by atoms with van der Waals surface area (Å²) in [7, 11) is -2.00. The minimum atomic E-state index is -3.56. The van der Waals surface area contributed by atoms with E-state index in [2.05, 4.69) is 20.6 Å². The van der Waals surface area contributed by atoms with Gasteiger partial charge < -0.3 is 15.4 Å². The number of hydrogen-bond acceptors (Lipinski definition) is 8. The van der Waals surface area contributed by atoms with Gasteiger partial charge in [-0.15, -0.1) is 0 Å². The fraction of sp³-hybridized carbons (Fsp3) is 0.407. The predicted octanol–water partition coefficient (Wildman–Crippen LogP) is 5.52. The Labute approximate surface area is 232 Å². The van der Waals surface area contributed by atoms with Crippen LogP contribution in [-0.4, -0.2) is 68.1 Å². The number of methoxy groups -OCH3 is 1. The topological polar surface area (TPSA) is 96.4 Å². The van der Waals surface area contributed by atoms with Crippen LogP contribution in [0.3, 0.4) is 0 Å². The van der Waals surface area contributed by atoms with E-state index in [0.29, 0.717) is 43.1 Å². The monoisotopic (exact) mass is 579 g/mol. The van der Waals surface area contributed by atoms with Gasteiger partial charge in [0.05, 0.1) is 40.9 Å². The molecule has 2 N–H and O–H groups in total. The van der Waals surface area contributed by atoms with Gasteiger partial charge in [-0.05, 0) is 62.1 Å². The molecule has 39 heavy (non-hydrogen) atoms. The molecule has 0 aliphatic carbocycles. The zero-order chi connectivity index (χ0) is 28.2. The standard InChI is InChI=1S/C27H32ClF2N5O3S/c1-17(2)39(36,37)25-7-5-4-6-22(25)32-26-21(28)16-31-27(34-26)33-23-12-18-8-10-35(20(14-29)15-30)11-9-19(18)13-24(23)38-3/h4-7,12-13,16-17,20H,8-11,14-15H2,1-3H3,(H2,31,32,33,34). The normalized spacial score (nSPS) is 14.3. The Morgan fingerprint density at radius 1 is 1.05 bits per heavy atom. The lowest BCUT2D eigenvalue weighted by Crippen LogP contribution is -2.40. The van der Waals surface area contributed by atoms with Crippen LogP contribution < -0.4 is 15.4 Å². The molecule has 4 rings (SSSR count). The number of nitrogens with one attached hydrogen (secondary N) is 2. The molecule has 0 unspecified atom stereocenters. The van der Waals surface area contributed by atoms with Crippen LogP contribution >= 0.6 is 11.6 Å². The van der Waals surface area contributed by atoms with Gasteiger partial charge in [-0.1, -0.05) is 23.7 Å². The lowest BCUT2D eigenvalue weighted by atomic mass is 10.0. The predicted molar refractivity (Wildman–Crippen MR) is 150 cm³/mol. The molecular weight excluding hydrogens is 548 g/mol. The number of anilines is 4. The van der Waals surface area contributed by atoms with Gasteiger partial charge in [0.15, 0.2) is 15.7 Å². The van der Waals surface area contributed by atoms with Crippen LogP contribution in [0.4, 0.5) is 31.9 Å². The second kappa shape index (κ2) is 12.4. The van der Waals surface area contributed by atoms with Gasteiger partial charge in [-0.2, -0.15) is 4.98 Å². The summed E-state index contributed by atoms with van der Waals surface area (Å²) in [5.74, 6) is 1.01. The highest BCUT2D eigenvalue weighted by atomic mass is 35.5. The molecule has 8 nitrogen and oxygen atoms in total. The third kappa shape index (κ3) is 6.42. The summed E-state index contributed by atoms with van der Waals surface area (Å²) in [4.78, 5) is 10.8. The Hall–Kier alpha value is -3.02. The van der Waals surface area contributed by atoms with Crippen molar-refractivity contribution >= 4 is 44.6 Å². The Morgan fingerprint density at radius 3 is 2.36 bits per heavy atom. The van der Waals surface area contributed by atoms with Gasteiger partial charge in [0.25, 0.3) is 0 Å². The molecule has 0 amide bonds. The Balaban J connectivity index is 1.61. The highest BCUT2D eigenvalue weighted by molar-refractivity contribution is 7.92. The summed E-state index contributed by atoms with van der Waals surface area (Å²) in [6, 6.07) is 9.70. The number of hydrogen-bond donors (Lipinski definition) is 2. The molecule has 0 spiro atoms. The number of halogens is 3. The highest BCUT2D eigenvalue weighted by Gasteiger charge is 2.24. The molecule has 2 heterocycles. The number of nitrogens with zero attached hydrogens (tertiary/aromatic N) is 3. The first-order chi connectivity index (χ1) is 18.7. The highest BCUT2D eigenvalue weighted by Crippen LogP contribution is 2.34. The van der Waals surface area contributed by atoms with E-state index in [1.54, 1.807) is 39.2 Å². The second-order valence-electron chi connectivity index (χ2n) is 9.55. The summed E-state index contributed by atoms with van der Waals surface area (Å²) < 4.78 is 57.9. The molecule has 0 atom stereocenters. The van der Waals surface area contributed by atoms with Crippen molar-refractivity contribution in [1.82, 2.24) is 14.9 Å². The Kier molecular flexibility index (Phi) is 9.24. The Bertz CT molecular complexity index is 1420. The molecular formula is C27H32ClF2N5O3S. The smallest absolute Gasteiger partial charge is 0.229 e. The molecule has 1 aliphatic rings. The molecule has 0 radical (unpaired) electrons. The van der Waals surface area contributed by atoms with E-state index < -0.39 is 34.5 Å². The largest absolute Gasteiger partial charge is 0.495 e. The summed E-state index contributed by atoms with van der Waals surface area (Å²) >= 11 is 6.37. The quantitative estimate of drug-likeness (QED) is 0.324. The van der Waals surface area contributed by atoms with Crippen LogP contribution in [0.2, 0.25) is 5.02 Å². The first kappa shape index (κ1) is 29.0. The number of aromatic nitrogens is 2. The van der Waals surface area contributed by atoms with E-state index >= 15 is 0 Å².